The fraction of sp³-hybridized carbons (Fsp3) is 0.200. The Morgan fingerprint density at radius 2 is 2.24 bits per heavy atom. The van der Waals surface area contributed by atoms with Gasteiger partial charge in [-0.2, -0.15) is 0 Å². The van der Waals surface area contributed by atoms with Crippen LogP contribution in [0.1, 0.15) is 29.1 Å². The summed E-state index contributed by atoms with van der Waals surface area (Å²) >= 11 is 1.23. The van der Waals surface area contributed by atoms with Gasteiger partial charge in [0.2, 0.25) is 0 Å². The number of nitrogens with zero attached hydrogens (tertiary/aromatic N) is 1. The van der Waals surface area contributed by atoms with Gasteiger partial charge >= 0.3 is 0 Å². The second kappa shape index (κ2) is 6.29. The van der Waals surface area contributed by atoms with E-state index in [1.54, 1.807) is 24.3 Å². The van der Waals surface area contributed by atoms with Gasteiger partial charge in [-0.25, -0.2) is 4.98 Å². The number of thiazole rings is 1. The van der Waals surface area contributed by atoms with Crippen LogP contribution in [0.15, 0.2) is 24.3 Å². The molecule has 0 saturated carbocycles. The first-order valence-electron chi connectivity index (χ1n) is 6.40. The molecule has 5 nitrogen and oxygen atoms in total. The maximum atomic E-state index is 12.2. The number of hydrogen-bond donors (Lipinski definition) is 3. The number of amides is 1. The molecule has 0 bridgehead atoms. The van der Waals surface area contributed by atoms with Gasteiger partial charge in [0, 0.05) is 17.3 Å². The molecular weight excluding hydrogens is 284 g/mol. The molecule has 0 unspecified atom stereocenters. The van der Waals surface area contributed by atoms with Gasteiger partial charge in [0.25, 0.3) is 5.91 Å². The average Bonchev–Trinajstić information content (AvgIpc) is 2.79. The van der Waals surface area contributed by atoms with Crippen LogP contribution in [0, 0.1) is 12.3 Å². The van der Waals surface area contributed by atoms with Crippen LogP contribution in [0.25, 0.3) is 0 Å². The summed E-state index contributed by atoms with van der Waals surface area (Å²) in [6.45, 7) is 3.98. The number of nitrogens with one attached hydrogen (secondary N) is 2. The van der Waals surface area contributed by atoms with Crippen molar-refractivity contribution in [2.24, 2.45) is 0 Å². The molecule has 0 aliphatic carbocycles. The third-order valence-corrected chi connectivity index (χ3v) is 3.56. The van der Waals surface area contributed by atoms with E-state index in [9.17, 15) is 4.79 Å². The Bertz CT molecular complexity index is 700. The number of rotatable bonds is 4. The summed E-state index contributed by atoms with van der Waals surface area (Å²) in [5, 5.41) is 6.52. The van der Waals surface area contributed by atoms with Gasteiger partial charge in [-0.05, 0) is 32.0 Å². The maximum Gasteiger partial charge on any atom is 0.269 e. The van der Waals surface area contributed by atoms with E-state index in [1.807, 2.05) is 13.8 Å². The fourth-order valence-corrected chi connectivity index (χ4v) is 2.60. The first-order valence-corrected chi connectivity index (χ1v) is 7.22. The smallest absolute Gasteiger partial charge is 0.269 e. The van der Waals surface area contributed by atoms with E-state index >= 15 is 0 Å². The molecule has 0 fully saturated rings. The van der Waals surface area contributed by atoms with E-state index in [4.69, 9.17) is 12.2 Å². The van der Waals surface area contributed by atoms with Crippen molar-refractivity contribution in [3.8, 4) is 12.3 Å². The van der Waals surface area contributed by atoms with E-state index < -0.39 is 0 Å². The van der Waals surface area contributed by atoms with Gasteiger partial charge in [0.1, 0.15) is 10.7 Å². The average molecular weight is 300 g/mol. The molecule has 0 aliphatic heterocycles. The zero-order chi connectivity index (χ0) is 15.4. The number of carbonyl (C=O) groups is 1. The van der Waals surface area contributed by atoms with Crippen LogP contribution >= 0.6 is 11.3 Å². The lowest BCUT2D eigenvalue weighted by molar-refractivity contribution is 0.103. The summed E-state index contributed by atoms with van der Waals surface area (Å²) in [5.74, 6) is 2.44. The maximum absolute atomic E-state index is 12.2. The van der Waals surface area contributed by atoms with E-state index in [1.165, 1.54) is 11.3 Å². The molecule has 1 aromatic heterocycles. The minimum absolute atomic E-state index is 0.216. The number of carbonyl (C=O) groups excluding carboxylic acids is 1. The molecule has 2 aromatic rings. The van der Waals surface area contributed by atoms with Crippen molar-refractivity contribution in [2.75, 3.05) is 16.4 Å². The number of nitrogens with two attached hydrogens (primary N) is 1. The number of hydrogen-bond acceptors (Lipinski definition) is 5. The highest BCUT2D eigenvalue weighted by Gasteiger charge is 2.16. The van der Waals surface area contributed by atoms with Crippen molar-refractivity contribution in [3.63, 3.8) is 0 Å². The first kappa shape index (κ1) is 14.9. The molecule has 6 heteroatoms. The molecular formula is C15H16N4OS. The Morgan fingerprint density at radius 3 is 2.90 bits per heavy atom. The molecule has 1 aromatic carbocycles. The van der Waals surface area contributed by atoms with Gasteiger partial charge in [-0.3, -0.25) is 4.79 Å². The molecule has 21 heavy (non-hydrogen) atoms. The molecule has 2 rings (SSSR count). The summed E-state index contributed by atoms with van der Waals surface area (Å²) in [7, 11) is 0. The number of anilines is 3. The fourth-order valence-electron chi connectivity index (χ4n) is 1.68. The molecule has 0 atom stereocenters. The molecule has 4 N–H and O–H groups in total. The third kappa shape index (κ3) is 3.74. The van der Waals surface area contributed by atoms with Crippen molar-refractivity contribution < 1.29 is 4.79 Å². The SMILES string of the molecule is C#Cc1cccc(NC(=O)c2sc(NC(C)C)nc2N)c1. The van der Waals surface area contributed by atoms with Crippen molar-refractivity contribution >= 4 is 33.9 Å². The van der Waals surface area contributed by atoms with Gasteiger partial charge in [-0.1, -0.05) is 23.3 Å². The zero-order valence-electron chi connectivity index (χ0n) is 11.8. The lowest BCUT2D eigenvalue weighted by Gasteiger charge is -2.05. The predicted molar refractivity (Wildman–Crippen MR) is 87.6 cm³/mol. The number of aromatic nitrogens is 1. The summed E-state index contributed by atoms with van der Waals surface area (Å²) in [6, 6.07) is 7.29. The van der Waals surface area contributed by atoms with E-state index in [0.717, 1.165) is 0 Å². The normalized spacial score (nSPS) is 10.2. The van der Waals surface area contributed by atoms with E-state index in [2.05, 4.69) is 21.5 Å². The van der Waals surface area contributed by atoms with Crippen LogP contribution in [-0.4, -0.2) is 16.9 Å². The lowest BCUT2D eigenvalue weighted by atomic mass is 10.2. The van der Waals surface area contributed by atoms with Crippen molar-refractivity contribution in [2.45, 2.75) is 19.9 Å². The molecule has 0 spiro atoms. The Morgan fingerprint density at radius 1 is 1.48 bits per heavy atom. The highest BCUT2D eigenvalue weighted by atomic mass is 32.1. The zero-order valence-corrected chi connectivity index (χ0v) is 12.6. The Kier molecular flexibility index (Phi) is 4.45. The minimum Gasteiger partial charge on any atom is -0.382 e. The van der Waals surface area contributed by atoms with Crippen molar-refractivity contribution in [1.82, 2.24) is 4.98 Å². The third-order valence-electron chi connectivity index (χ3n) is 2.56. The Labute approximate surface area is 127 Å². The van der Waals surface area contributed by atoms with Crippen LogP contribution in [0.3, 0.4) is 0 Å². The highest BCUT2D eigenvalue weighted by molar-refractivity contribution is 7.18. The Hall–Kier alpha value is -2.52. The van der Waals surface area contributed by atoms with Crippen molar-refractivity contribution in [1.29, 1.82) is 0 Å². The van der Waals surface area contributed by atoms with E-state index in [-0.39, 0.29) is 17.8 Å². The molecule has 0 radical (unpaired) electrons. The number of terminal acetylenes is 1. The topological polar surface area (TPSA) is 80.0 Å². The van der Waals surface area contributed by atoms with Gasteiger partial charge in [-0.15, -0.1) is 6.42 Å². The minimum atomic E-state index is -0.295. The largest absolute Gasteiger partial charge is 0.382 e. The molecule has 1 heterocycles. The number of benzene rings is 1. The summed E-state index contributed by atoms with van der Waals surface area (Å²) in [5.41, 5.74) is 7.12. The Balaban J connectivity index is 2.16. The van der Waals surface area contributed by atoms with Crippen LogP contribution in [0.4, 0.5) is 16.6 Å². The van der Waals surface area contributed by atoms with Crippen molar-refractivity contribution in [3.05, 3.63) is 34.7 Å². The standard InChI is InChI=1S/C15H16N4OS/c1-4-10-6-5-7-11(8-10)18-14(20)12-13(16)19-15(21-12)17-9(2)3/h1,5-9H,16H2,2-3H3,(H,17,19)(H,18,20). The molecule has 0 saturated heterocycles. The molecule has 1 amide bonds. The summed E-state index contributed by atoms with van der Waals surface area (Å²) in [4.78, 5) is 16.8. The van der Waals surface area contributed by atoms with Crippen LogP contribution < -0.4 is 16.4 Å². The summed E-state index contributed by atoms with van der Waals surface area (Å²) in [6.07, 6.45) is 5.34. The van der Waals surface area contributed by atoms with Gasteiger partial charge in [0.05, 0.1) is 0 Å². The van der Waals surface area contributed by atoms with Gasteiger partial charge in [0.15, 0.2) is 5.13 Å². The van der Waals surface area contributed by atoms with E-state index in [0.29, 0.717) is 21.3 Å². The second-order valence-corrected chi connectivity index (χ2v) is 5.71. The molecule has 0 aliphatic rings. The predicted octanol–water partition coefficient (Wildman–Crippen LogP) is 2.78. The van der Waals surface area contributed by atoms with Crippen LogP contribution in [0.2, 0.25) is 0 Å². The van der Waals surface area contributed by atoms with Gasteiger partial charge < -0.3 is 16.4 Å². The number of nitrogen functional groups attached to an aromatic ring is 1. The molecule has 108 valence electrons. The second-order valence-electron chi connectivity index (χ2n) is 4.71. The van der Waals surface area contributed by atoms with Crippen LogP contribution in [-0.2, 0) is 0 Å². The highest BCUT2D eigenvalue weighted by Crippen LogP contribution is 2.26. The quantitative estimate of drug-likeness (QED) is 0.759. The van der Waals surface area contributed by atoms with Crippen LogP contribution in [0.5, 0.6) is 0 Å². The lowest BCUT2D eigenvalue weighted by Crippen LogP contribution is -2.12. The summed E-state index contributed by atoms with van der Waals surface area (Å²) < 4.78 is 0. The first-order chi connectivity index (χ1) is 9.99. The monoisotopic (exact) mass is 300 g/mol.